The average Bonchev–Trinajstić information content (AvgIpc) is 2.90. The zero-order valence-corrected chi connectivity index (χ0v) is 24.4. The first-order valence-electron chi connectivity index (χ1n) is 12.9. The van der Waals surface area contributed by atoms with Crippen LogP contribution in [0.4, 0.5) is 5.69 Å². The Labute approximate surface area is 236 Å². The molecule has 0 unspecified atom stereocenters. The van der Waals surface area contributed by atoms with Crippen molar-refractivity contribution in [2.24, 2.45) is 0 Å². The molecule has 2 amide bonds. The maximum Gasteiger partial charge on any atom is 0.244 e. The van der Waals surface area contributed by atoms with Crippen LogP contribution in [0.2, 0.25) is 5.02 Å². The number of carbonyl (C=O) groups excluding carboxylic acids is 2. The number of rotatable bonds is 12. The highest BCUT2D eigenvalue weighted by Crippen LogP contribution is 2.23. The lowest BCUT2D eigenvalue weighted by Crippen LogP contribution is -2.54. The summed E-state index contributed by atoms with van der Waals surface area (Å²) in [7, 11) is -3.84. The van der Waals surface area contributed by atoms with E-state index in [1.165, 1.54) is 11.0 Å². The molecule has 0 saturated heterocycles. The Morgan fingerprint density at radius 3 is 2.21 bits per heavy atom. The predicted octanol–water partition coefficient (Wildman–Crippen LogP) is 4.97. The SMILES string of the molecule is CC[C@@H](C)NC(=O)[C@@H](Cc1ccccc1)N(Cc1ccc(C)cc1)C(=O)CN(c1cccc(Cl)c1)S(C)(=O)=O. The zero-order chi connectivity index (χ0) is 28.6. The van der Waals surface area contributed by atoms with Crippen LogP contribution in [0.3, 0.4) is 0 Å². The van der Waals surface area contributed by atoms with E-state index in [0.717, 1.165) is 33.7 Å². The summed E-state index contributed by atoms with van der Waals surface area (Å²) < 4.78 is 26.6. The molecule has 0 aliphatic carbocycles. The number of halogens is 1. The van der Waals surface area contributed by atoms with Crippen LogP contribution in [0.1, 0.15) is 37.0 Å². The van der Waals surface area contributed by atoms with Gasteiger partial charge in [0.1, 0.15) is 12.6 Å². The van der Waals surface area contributed by atoms with E-state index < -0.39 is 28.5 Å². The van der Waals surface area contributed by atoms with E-state index in [0.29, 0.717) is 5.02 Å². The number of sulfonamides is 1. The number of nitrogens with zero attached hydrogens (tertiary/aromatic N) is 2. The summed E-state index contributed by atoms with van der Waals surface area (Å²) in [5, 5.41) is 3.37. The van der Waals surface area contributed by atoms with Crippen molar-refractivity contribution >= 4 is 39.1 Å². The molecule has 0 fully saturated rings. The summed E-state index contributed by atoms with van der Waals surface area (Å²) in [5.41, 5.74) is 3.06. The van der Waals surface area contributed by atoms with E-state index >= 15 is 0 Å². The van der Waals surface area contributed by atoms with Crippen LogP contribution in [0.15, 0.2) is 78.9 Å². The van der Waals surface area contributed by atoms with E-state index in [2.05, 4.69) is 5.32 Å². The fourth-order valence-electron chi connectivity index (χ4n) is 4.13. The molecule has 0 spiro atoms. The van der Waals surface area contributed by atoms with E-state index in [-0.39, 0.29) is 30.6 Å². The number of aryl methyl sites for hydroxylation is 1. The van der Waals surface area contributed by atoms with Crippen LogP contribution in [0.5, 0.6) is 0 Å². The molecule has 208 valence electrons. The summed E-state index contributed by atoms with van der Waals surface area (Å²) in [5.74, 6) is -0.788. The van der Waals surface area contributed by atoms with Crippen molar-refractivity contribution < 1.29 is 18.0 Å². The molecule has 39 heavy (non-hydrogen) atoms. The lowest BCUT2D eigenvalue weighted by molar-refractivity contribution is -0.140. The largest absolute Gasteiger partial charge is 0.352 e. The third kappa shape index (κ3) is 8.83. The molecule has 3 aromatic rings. The van der Waals surface area contributed by atoms with Gasteiger partial charge in [0.2, 0.25) is 21.8 Å². The van der Waals surface area contributed by atoms with Crippen molar-refractivity contribution in [3.63, 3.8) is 0 Å². The van der Waals surface area contributed by atoms with Gasteiger partial charge in [0, 0.05) is 24.0 Å². The van der Waals surface area contributed by atoms with Crippen molar-refractivity contribution in [1.82, 2.24) is 10.2 Å². The minimum Gasteiger partial charge on any atom is -0.352 e. The molecule has 0 aliphatic rings. The number of carbonyl (C=O) groups is 2. The third-order valence-electron chi connectivity index (χ3n) is 6.52. The molecular weight excluding hydrogens is 534 g/mol. The third-order valence-corrected chi connectivity index (χ3v) is 7.90. The Bertz CT molecular complexity index is 1360. The van der Waals surface area contributed by atoms with Gasteiger partial charge in [-0.3, -0.25) is 13.9 Å². The van der Waals surface area contributed by atoms with Crippen LogP contribution >= 0.6 is 11.6 Å². The second-order valence-corrected chi connectivity index (χ2v) is 12.1. The molecule has 3 aromatic carbocycles. The van der Waals surface area contributed by atoms with Gasteiger partial charge in [-0.05, 0) is 49.6 Å². The van der Waals surface area contributed by atoms with Gasteiger partial charge in [-0.2, -0.15) is 0 Å². The monoisotopic (exact) mass is 569 g/mol. The highest BCUT2D eigenvalue weighted by atomic mass is 35.5. The maximum absolute atomic E-state index is 14.0. The summed E-state index contributed by atoms with van der Waals surface area (Å²) >= 11 is 6.13. The molecule has 7 nitrogen and oxygen atoms in total. The molecule has 0 radical (unpaired) electrons. The molecular formula is C30H36ClN3O4S. The Morgan fingerprint density at radius 1 is 0.949 bits per heavy atom. The fraction of sp³-hybridized carbons (Fsp3) is 0.333. The first-order chi connectivity index (χ1) is 18.5. The zero-order valence-electron chi connectivity index (χ0n) is 22.8. The van der Waals surface area contributed by atoms with Crippen LogP contribution in [-0.4, -0.2) is 50.0 Å². The van der Waals surface area contributed by atoms with Crippen molar-refractivity contribution in [3.8, 4) is 0 Å². The minimum atomic E-state index is -3.84. The highest BCUT2D eigenvalue weighted by molar-refractivity contribution is 7.92. The number of amides is 2. The van der Waals surface area contributed by atoms with Crippen LogP contribution in [0.25, 0.3) is 0 Å². The lowest BCUT2D eigenvalue weighted by atomic mass is 10.0. The Morgan fingerprint density at radius 2 is 1.62 bits per heavy atom. The summed E-state index contributed by atoms with van der Waals surface area (Å²) in [6, 6.07) is 22.6. The second-order valence-electron chi connectivity index (χ2n) is 9.78. The van der Waals surface area contributed by atoms with E-state index in [9.17, 15) is 18.0 Å². The Hall–Kier alpha value is -3.36. The smallest absolute Gasteiger partial charge is 0.244 e. The highest BCUT2D eigenvalue weighted by Gasteiger charge is 2.33. The fourth-order valence-corrected chi connectivity index (χ4v) is 5.16. The standard InChI is InChI=1S/C30H36ClN3O4S/c1-5-23(3)32-30(36)28(18-24-10-7-6-8-11-24)33(20-25-16-14-22(2)15-17-25)29(35)21-34(39(4,37)38)27-13-9-12-26(31)19-27/h6-17,19,23,28H,5,18,20-21H2,1-4H3,(H,32,36)/t23-,28-/m1/s1. The van der Waals surface area contributed by atoms with Crippen LogP contribution in [0, 0.1) is 6.92 Å². The Balaban J connectivity index is 2.05. The number of nitrogens with one attached hydrogen (secondary N) is 1. The van der Waals surface area contributed by atoms with Gasteiger partial charge in [0.25, 0.3) is 0 Å². The molecule has 0 aromatic heterocycles. The summed E-state index contributed by atoms with van der Waals surface area (Å²) in [4.78, 5) is 29.2. The molecule has 0 saturated carbocycles. The average molecular weight is 570 g/mol. The first-order valence-corrected chi connectivity index (χ1v) is 15.1. The van der Waals surface area contributed by atoms with Gasteiger partial charge in [0.15, 0.2) is 0 Å². The van der Waals surface area contributed by atoms with E-state index in [4.69, 9.17) is 11.6 Å². The van der Waals surface area contributed by atoms with Gasteiger partial charge >= 0.3 is 0 Å². The number of benzene rings is 3. The van der Waals surface area contributed by atoms with Crippen LogP contribution in [-0.2, 0) is 32.6 Å². The number of hydrogen-bond donors (Lipinski definition) is 1. The topological polar surface area (TPSA) is 86.8 Å². The molecule has 0 aliphatic heterocycles. The first kappa shape index (κ1) is 30.2. The number of anilines is 1. The minimum absolute atomic E-state index is 0.0916. The molecule has 2 atom stereocenters. The van der Waals surface area contributed by atoms with Crippen molar-refractivity contribution in [2.75, 3.05) is 17.1 Å². The van der Waals surface area contributed by atoms with Gasteiger partial charge < -0.3 is 10.2 Å². The van der Waals surface area contributed by atoms with Gasteiger partial charge in [-0.25, -0.2) is 8.42 Å². The lowest BCUT2D eigenvalue weighted by Gasteiger charge is -2.34. The molecule has 9 heteroatoms. The number of hydrogen-bond acceptors (Lipinski definition) is 4. The summed E-state index contributed by atoms with van der Waals surface area (Å²) in [6.07, 6.45) is 2.05. The molecule has 1 N–H and O–H groups in total. The molecule has 0 bridgehead atoms. The van der Waals surface area contributed by atoms with Crippen molar-refractivity contribution in [1.29, 1.82) is 0 Å². The molecule has 3 rings (SSSR count). The maximum atomic E-state index is 14.0. The summed E-state index contributed by atoms with van der Waals surface area (Å²) in [6.45, 7) is 5.51. The van der Waals surface area contributed by atoms with E-state index in [1.807, 2.05) is 75.4 Å². The van der Waals surface area contributed by atoms with Crippen molar-refractivity contribution in [3.05, 3.63) is 101 Å². The molecule has 0 heterocycles. The second kappa shape index (κ2) is 13.6. The van der Waals surface area contributed by atoms with Gasteiger partial charge in [-0.1, -0.05) is 84.8 Å². The van der Waals surface area contributed by atoms with Gasteiger partial charge in [0.05, 0.1) is 11.9 Å². The normalized spacial score (nSPS) is 12.8. The Kier molecular flexibility index (Phi) is 10.5. The van der Waals surface area contributed by atoms with Crippen LogP contribution < -0.4 is 9.62 Å². The van der Waals surface area contributed by atoms with Gasteiger partial charge in [-0.15, -0.1) is 0 Å². The quantitative estimate of drug-likeness (QED) is 0.334. The van der Waals surface area contributed by atoms with E-state index in [1.54, 1.807) is 18.2 Å². The van der Waals surface area contributed by atoms with Crippen molar-refractivity contribution in [2.45, 2.75) is 52.2 Å². The predicted molar refractivity (Wildman–Crippen MR) is 157 cm³/mol.